The molecule has 106 valence electrons. The molecule has 0 heterocycles. The second-order valence-corrected chi connectivity index (χ2v) is 5.05. The number of hydrogen-bond acceptors (Lipinski definition) is 2. The summed E-state index contributed by atoms with van der Waals surface area (Å²) in [6, 6.07) is 8.52. The van der Waals surface area contributed by atoms with Crippen molar-refractivity contribution in [2.45, 2.75) is 40.2 Å². The predicted molar refractivity (Wildman–Crippen MR) is 80.0 cm³/mol. The molecule has 0 radical (unpaired) electrons. The number of benzene rings is 1. The number of carbonyl (C=O) groups is 1. The molecule has 0 aliphatic heterocycles. The Labute approximate surface area is 117 Å². The largest absolute Gasteiger partial charge is 0.355 e. The summed E-state index contributed by atoms with van der Waals surface area (Å²) in [7, 11) is 0. The van der Waals surface area contributed by atoms with Crippen LogP contribution in [0.5, 0.6) is 0 Å². The van der Waals surface area contributed by atoms with Crippen molar-refractivity contribution in [2.24, 2.45) is 0 Å². The molecular formula is C16H26N2O. The van der Waals surface area contributed by atoms with Crippen LogP contribution in [0.25, 0.3) is 0 Å². The zero-order chi connectivity index (χ0) is 14.1. The molecular weight excluding hydrogens is 236 g/mol. The molecule has 1 aromatic rings. The number of nitrogens with zero attached hydrogens (tertiary/aromatic N) is 1. The van der Waals surface area contributed by atoms with Crippen LogP contribution in [-0.2, 0) is 11.3 Å². The van der Waals surface area contributed by atoms with E-state index >= 15 is 0 Å². The first-order valence-electron chi connectivity index (χ1n) is 7.20. The summed E-state index contributed by atoms with van der Waals surface area (Å²) < 4.78 is 0. The summed E-state index contributed by atoms with van der Waals surface area (Å²) in [6.45, 7) is 9.35. The number of aryl methyl sites for hydroxylation is 1. The standard InChI is InChI=1S/C16H26N2O/c1-4-10-17-16(19)13-18(11-5-2)12-15-8-6-14(3)7-9-15/h6-9H,4-5,10-13H2,1-3H3,(H,17,19). The Hall–Kier alpha value is -1.35. The van der Waals surface area contributed by atoms with Crippen LogP contribution in [0.2, 0.25) is 0 Å². The normalized spacial score (nSPS) is 10.7. The van der Waals surface area contributed by atoms with E-state index in [1.807, 2.05) is 0 Å². The molecule has 0 bridgehead atoms. The summed E-state index contributed by atoms with van der Waals surface area (Å²) in [5, 5.41) is 2.94. The smallest absolute Gasteiger partial charge is 0.234 e. The molecule has 0 aliphatic carbocycles. The topological polar surface area (TPSA) is 32.3 Å². The summed E-state index contributed by atoms with van der Waals surface area (Å²) in [5.41, 5.74) is 2.54. The Balaban J connectivity index is 2.52. The van der Waals surface area contributed by atoms with Gasteiger partial charge >= 0.3 is 0 Å². The first-order valence-corrected chi connectivity index (χ1v) is 7.20. The first kappa shape index (κ1) is 15.7. The van der Waals surface area contributed by atoms with Gasteiger partial charge in [0.15, 0.2) is 0 Å². The van der Waals surface area contributed by atoms with Gasteiger partial charge in [0.05, 0.1) is 6.54 Å². The Morgan fingerprint density at radius 2 is 1.84 bits per heavy atom. The van der Waals surface area contributed by atoms with Crippen molar-refractivity contribution in [2.75, 3.05) is 19.6 Å². The van der Waals surface area contributed by atoms with E-state index in [2.05, 4.69) is 55.3 Å². The molecule has 19 heavy (non-hydrogen) atoms. The molecule has 0 aromatic heterocycles. The van der Waals surface area contributed by atoms with Crippen LogP contribution in [-0.4, -0.2) is 30.4 Å². The van der Waals surface area contributed by atoms with Crippen molar-refractivity contribution in [3.63, 3.8) is 0 Å². The lowest BCUT2D eigenvalue weighted by Gasteiger charge is -2.21. The van der Waals surface area contributed by atoms with Gasteiger partial charge in [-0.3, -0.25) is 9.69 Å². The van der Waals surface area contributed by atoms with Gasteiger partial charge in [0.25, 0.3) is 0 Å². The van der Waals surface area contributed by atoms with Crippen LogP contribution in [0.4, 0.5) is 0 Å². The van der Waals surface area contributed by atoms with E-state index in [4.69, 9.17) is 0 Å². The number of rotatable bonds is 8. The average molecular weight is 262 g/mol. The fraction of sp³-hybridized carbons (Fsp3) is 0.562. The Kier molecular flexibility index (Phi) is 7.19. The monoisotopic (exact) mass is 262 g/mol. The predicted octanol–water partition coefficient (Wildman–Crippen LogP) is 2.73. The lowest BCUT2D eigenvalue weighted by Crippen LogP contribution is -2.37. The van der Waals surface area contributed by atoms with Crippen LogP contribution in [0.1, 0.15) is 37.8 Å². The van der Waals surface area contributed by atoms with E-state index in [1.54, 1.807) is 0 Å². The summed E-state index contributed by atoms with van der Waals surface area (Å²) >= 11 is 0. The summed E-state index contributed by atoms with van der Waals surface area (Å²) in [6.07, 6.45) is 2.05. The minimum Gasteiger partial charge on any atom is -0.355 e. The third kappa shape index (κ3) is 6.39. The molecule has 0 aliphatic rings. The molecule has 0 saturated heterocycles. The molecule has 0 fully saturated rings. The van der Waals surface area contributed by atoms with Crippen molar-refractivity contribution in [3.8, 4) is 0 Å². The minimum atomic E-state index is 0.127. The lowest BCUT2D eigenvalue weighted by molar-refractivity contribution is -0.122. The van der Waals surface area contributed by atoms with Crippen molar-refractivity contribution in [1.82, 2.24) is 10.2 Å². The maximum absolute atomic E-state index is 11.8. The Morgan fingerprint density at radius 3 is 2.42 bits per heavy atom. The van der Waals surface area contributed by atoms with E-state index in [0.717, 1.165) is 32.5 Å². The highest BCUT2D eigenvalue weighted by atomic mass is 16.2. The van der Waals surface area contributed by atoms with E-state index in [-0.39, 0.29) is 5.91 Å². The highest BCUT2D eigenvalue weighted by molar-refractivity contribution is 5.77. The van der Waals surface area contributed by atoms with Gasteiger partial charge in [-0.2, -0.15) is 0 Å². The lowest BCUT2D eigenvalue weighted by atomic mass is 10.1. The molecule has 3 heteroatoms. The van der Waals surface area contributed by atoms with Crippen LogP contribution in [0.15, 0.2) is 24.3 Å². The molecule has 3 nitrogen and oxygen atoms in total. The fourth-order valence-corrected chi connectivity index (χ4v) is 2.01. The molecule has 0 saturated carbocycles. The number of hydrogen-bond donors (Lipinski definition) is 1. The van der Waals surface area contributed by atoms with Crippen LogP contribution in [0.3, 0.4) is 0 Å². The van der Waals surface area contributed by atoms with Crippen molar-refractivity contribution >= 4 is 5.91 Å². The quantitative estimate of drug-likeness (QED) is 0.781. The maximum Gasteiger partial charge on any atom is 0.234 e. The molecule has 1 N–H and O–H groups in total. The van der Waals surface area contributed by atoms with E-state index in [1.165, 1.54) is 11.1 Å². The van der Waals surface area contributed by atoms with Crippen molar-refractivity contribution in [3.05, 3.63) is 35.4 Å². The second-order valence-electron chi connectivity index (χ2n) is 5.05. The van der Waals surface area contributed by atoms with E-state index in [0.29, 0.717) is 6.54 Å². The van der Waals surface area contributed by atoms with Gasteiger partial charge in [-0.25, -0.2) is 0 Å². The van der Waals surface area contributed by atoms with Crippen LogP contribution >= 0.6 is 0 Å². The van der Waals surface area contributed by atoms with Gasteiger partial charge in [0.1, 0.15) is 0 Å². The molecule has 1 rings (SSSR count). The third-order valence-corrected chi connectivity index (χ3v) is 3.01. The van der Waals surface area contributed by atoms with Gasteiger partial charge in [0, 0.05) is 13.1 Å². The van der Waals surface area contributed by atoms with Gasteiger partial charge < -0.3 is 5.32 Å². The zero-order valence-electron chi connectivity index (χ0n) is 12.4. The van der Waals surface area contributed by atoms with E-state index in [9.17, 15) is 4.79 Å². The number of amides is 1. The van der Waals surface area contributed by atoms with Crippen molar-refractivity contribution in [1.29, 1.82) is 0 Å². The second kappa shape index (κ2) is 8.70. The highest BCUT2D eigenvalue weighted by Crippen LogP contribution is 2.07. The third-order valence-electron chi connectivity index (χ3n) is 3.01. The zero-order valence-corrected chi connectivity index (χ0v) is 12.4. The number of nitrogens with one attached hydrogen (secondary N) is 1. The highest BCUT2D eigenvalue weighted by Gasteiger charge is 2.10. The van der Waals surface area contributed by atoms with Crippen LogP contribution in [0, 0.1) is 6.92 Å². The molecule has 0 spiro atoms. The minimum absolute atomic E-state index is 0.127. The summed E-state index contributed by atoms with van der Waals surface area (Å²) in [4.78, 5) is 14.0. The first-order chi connectivity index (χ1) is 9.15. The van der Waals surface area contributed by atoms with Gasteiger partial charge in [-0.05, 0) is 31.9 Å². The van der Waals surface area contributed by atoms with Crippen molar-refractivity contribution < 1.29 is 4.79 Å². The SMILES string of the molecule is CCCNC(=O)CN(CCC)Cc1ccc(C)cc1. The maximum atomic E-state index is 11.8. The van der Waals surface area contributed by atoms with Gasteiger partial charge in [-0.15, -0.1) is 0 Å². The molecule has 1 aromatic carbocycles. The number of carbonyl (C=O) groups excluding carboxylic acids is 1. The van der Waals surface area contributed by atoms with Crippen LogP contribution < -0.4 is 5.32 Å². The summed E-state index contributed by atoms with van der Waals surface area (Å²) in [5.74, 6) is 0.127. The van der Waals surface area contributed by atoms with E-state index < -0.39 is 0 Å². The molecule has 0 unspecified atom stereocenters. The van der Waals surface area contributed by atoms with Gasteiger partial charge in [0.2, 0.25) is 5.91 Å². The molecule has 1 amide bonds. The fourth-order valence-electron chi connectivity index (χ4n) is 2.01. The Bertz CT molecular complexity index is 373. The average Bonchev–Trinajstić information content (AvgIpc) is 2.39. The molecule has 0 atom stereocenters. The van der Waals surface area contributed by atoms with Gasteiger partial charge in [-0.1, -0.05) is 43.7 Å². The Morgan fingerprint density at radius 1 is 1.16 bits per heavy atom.